The summed E-state index contributed by atoms with van der Waals surface area (Å²) in [5.41, 5.74) is 1.26. The van der Waals surface area contributed by atoms with Gasteiger partial charge in [0.05, 0.1) is 0 Å². The molecule has 0 heterocycles. The van der Waals surface area contributed by atoms with Crippen LogP contribution in [-0.2, 0) is 5.41 Å². The summed E-state index contributed by atoms with van der Waals surface area (Å²) in [5.74, 6) is 1.27. The molecule has 2 aliphatic carbocycles. The number of unbranched alkanes of at least 4 members (excludes halogenated alkanes) is 2. The maximum Gasteiger partial charge on any atom is 0.461 e. The Morgan fingerprint density at radius 3 is 2.17 bits per heavy atom. The van der Waals surface area contributed by atoms with Gasteiger partial charge in [-0.15, -0.1) is 0 Å². The van der Waals surface area contributed by atoms with Gasteiger partial charge >= 0.3 is 12.5 Å². The summed E-state index contributed by atoms with van der Waals surface area (Å²) in [4.78, 5) is 0. The van der Waals surface area contributed by atoms with Gasteiger partial charge in [-0.05, 0) is 60.6 Å². The van der Waals surface area contributed by atoms with Crippen molar-refractivity contribution in [2.45, 2.75) is 108 Å². The Labute approximate surface area is 178 Å². The lowest BCUT2D eigenvalue weighted by molar-refractivity contribution is -0.253. The Hall–Kier alpha value is -1.26. The average molecular weight is 429 g/mol. The molecule has 0 bridgehead atoms. The maximum atomic E-state index is 13.2. The third kappa shape index (κ3) is 5.50. The normalized spacial score (nSPS) is 24.7. The van der Waals surface area contributed by atoms with Crippen LogP contribution in [0.3, 0.4) is 0 Å². The van der Waals surface area contributed by atoms with E-state index in [-0.39, 0.29) is 11.2 Å². The molecule has 0 aromatic heterocycles. The van der Waals surface area contributed by atoms with Crippen LogP contribution in [0.5, 0.6) is 5.75 Å². The molecule has 170 valence electrons. The molecule has 1 aromatic carbocycles. The highest BCUT2D eigenvalue weighted by molar-refractivity contribution is 5.34. The second kappa shape index (κ2) is 10.4. The van der Waals surface area contributed by atoms with E-state index >= 15 is 0 Å². The fourth-order valence-electron chi connectivity index (χ4n) is 5.86. The van der Waals surface area contributed by atoms with Crippen LogP contribution in [-0.4, -0.2) is 12.5 Å². The molecule has 3 rings (SSSR count). The molecule has 30 heavy (non-hydrogen) atoms. The van der Waals surface area contributed by atoms with E-state index in [1.54, 1.807) is 0 Å². The molecular weight excluding hydrogens is 392 g/mol. The number of halogens is 4. The minimum Gasteiger partial charge on any atom is -0.428 e. The lowest BCUT2D eigenvalue weighted by Gasteiger charge is -2.47. The largest absolute Gasteiger partial charge is 0.461 e. The summed E-state index contributed by atoms with van der Waals surface area (Å²) in [7, 11) is 0. The van der Waals surface area contributed by atoms with Gasteiger partial charge in [0, 0.05) is 0 Å². The van der Waals surface area contributed by atoms with Crippen molar-refractivity contribution in [1.29, 1.82) is 0 Å². The Balaban J connectivity index is 1.70. The molecule has 0 atom stereocenters. The third-order valence-electron chi connectivity index (χ3n) is 7.53. The van der Waals surface area contributed by atoms with E-state index in [1.807, 2.05) is 12.1 Å². The van der Waals surface area contributed by atoms with E-state index in [4.69, 9.17) is 0 Å². The first kappa shape index (κ1) is 23.4. The van der Waals surface area contributed by atoms with E-state index in [0.29, 0.717) is 5.92 Å². The van der Waals surface area contributed by atoms with Gasteiger partial charge in [0.2, 0.25) is 0 Å². The molecule has 1 nitrogen and oxygen atoms in total. The fraction of sp³-hybridized carbons (Fsp3) is 0.760. The Kier molecular flexibility index (Phi) is 8.09. The summed E-state index contributed by atoms with van der Waals surface area (Å²) in [5, 5.41) is 0. The first-order chi connectivity index (χ1) is 14.4. The van der Waals surface area contributed by atoms with Gasteiger partial charge in [-0.1, -0.05) is 76.8 Å². The molecule has 0 saturated heterocycles. The van der Waals surface area contributed by atoms with Crippen molar-refractivity contribution in [3.63, 3.8) is 0 Å². The summed E-state index contributed by atoms with van der Waals surface area (Å²) in [6.45, 7) is 2.24. The topological polar surface area (TPSA) is 9.23 Å². The standard InChI is InChI=1S/C25H36F4O/c1-2-3-5-8-19-9-11-20(12-10-19)24(17-6-4-7-18-24)21-13-15-22(16-14-21)30-25(28,29)23(26)27/h13-16,19-20,23H,2-12,17-18H2,1H3/t19-,20-. The SMILES string of the molecule is CCCCC[C@H]1CC[C@H](C2(c3ccc(OC(F)(F)C(F)F)cc3)CCCCC2)CC1. The van der Waals surface area contributed by atoms with Crippen molar-refractivity contribution in [1.82, 2.24) is 0 Å². The van der Waals surface area contributed by atoms with Gasteiger partial charge in [-0.3, -0.25) is 0 Å². The van der Waals surface area contributed by atoms with Gasteiger partial charge in [0.15, 0.2) is 0 Å². The molecule has 2 saturated carbocycles. The first-order valence-corrected chi connectivity index (χ1v) is 11.8. The number of hydrogen-bond donors (Lipinski definition) is 0. The smallest absolute Gasteiger partial charge is 0.428 e. The highest BCUT2D eigenvalue weighted by Crippen LogP contribution is 2.51. The molecule has 0 spiro atoms. The number of benzene rings is 1. The lowest BCUT2D eigenvalue weighted by atomic mass is 9.57. The van der Waals surface area contributed by atoms with Crippen LogP contribution in [0, 0.1) is 11.8 Å². The highest BCUT2D eigenvalue weighted by atomic mass is 19.3. The Morgan fingerprint density at radius 1 is 0.967 bits per heavy atom. The van der Waals surface area contributed by atoms with Gasteiger partial charge < -0.3 is 4.74 Å². The Bertz CT molecular complexity index is 629. The molecule has 2 fully saturated rings. The second-order valence-electron chi connectivity index (χ2n) is 9.42. The predicted octanol–water partition coefficient (Wildman–Crippen LogP) is 8.51. The maximum absolute atomic E-state index is 13.2. The van der Waals surface area contributed by atoms with Crippen molar-refractivity contribution in [3.8, 4) is 5.75 Å². The summed E-state index contributed by atoms with van der Waals surface area (Å²) in [6, 6.07) is 6.57. The molecular formula is C25H36F4O. The van der Waals surface area contributed by atoms with Crippen molar-refractivity contribution >= 4 is 0 Å². The summed E-state index contributed by atoms with van der Waals surface area (Å²) < 4.78 is 55.6. The molecule has 0 aliphatic heterocycles. The van der Waals surface area contributed by atoms with Crippen LogP contribution in [0.15, 0.2) is 24.3 Å². The zero-order chi connectivity index (χ0) is 21.6. The monoisotopic (exact) mass is 428 g/mol. The quantitative estimate of drug-likeness (QED) is 0.283. The van der Waals surface area contributed by atoms with Crippen LogP contribution in [0.25, 0.3) is 0 Å². The van der Waals surface area contributed by atoms with Crippen LogP contribution in [0.2, 0.25) is 0 Å². The van der Waals surface area contributed by atoms with Crippen LogP contribution >= 0.6 is 0 Å². The lowest BCUT2D eigenvalue weighted by Crippen LogP contribution is -2.39. The summed E-state index contributed by atoms with van der Waals surface area (Å²) >= 11 is 0. The molecule has 0 unspecified atom stereocenters. The van der Waals surface area contributed by atoms with Gasteiger partial charge in [-0.25, -0.2) is 0 Å². The predicted molar refractivity (Wildman–Crippen MR) is 112 cm³/mol. The van der Waals surface area contributed by atoms with Gasteiger partial charge in [-0.2, -0.15) is 17.6 Å². The Morgan fingerprint density at radius 2 is 1.60 bits per heavy atom. The van der Waals surface area contributed by atoms with Gasteiger partial charge in [0.25, 0.3) is 0 Å². The van der Waals surface area contributed by atoms with E-state index in [0.717, 1.165) is 18.8 Å². The third-order valence-corrected chi connectivity index (χ3v) is 7.53. The zero-order valence-corrected chi connectivity index (χ0v) is 18.2. The van der Waals surface area contributed by atoms with E-state index in [9.17, 15) is 17.6 Å². The van der Waals surface area contributed by atoms with Crippen LogP contribution in [0.4, 0.5) is 17.6 Å². The molecule has 5 heteroatoms. The average Bonchev–Trinajstić information content (AvgIpc) is 2.75. The number of hydrogen-bond acceptors (Lipinski definition) is 1. The molecule has 2 aliphatic rings. The number of alkyl halides is 4. The minimum absolute atomic E-state index is 0.0937. The van der Waals surface area contributed by atoms with Crippen molar-refractivity contribution in [2.75, 3.05) is 0 Å². The molecule has 1 aromatic rings. The zero-order valence-electron chi connectivity index (χ0n) is 18.2. The first-order valence-electron chi connectivity index (χ1n) is 11.8. The molecule has 0 amide bonds. The second-order valence-corrected chi connectivity index (χ2v) is 9.42. The van der Waals surface area contributed by atoms with E-state index < -0.39 is 12.5 Å². The fourth-order valence-corrected chi connectivity index (χ4v) is 5.86. The minimum atomic E-state index is -4.46. The van der Waals surface area contributed by atoms with Crippen molar-refractivity contribution < 1.29 is 22.3 Å². The van der Waals surface area contributed by atoms with Crippen molar-refractivity contribution in [3.05, 3.63) is 29.8 Å². The molecule has 0 radical (unpaired) electrons. The number of ether oxygens (including phenoxy) is 1. The van der Waals surface area contributed by atoms with E-state index in [1.165, 1.54) is 88.3 Å². The molecule has 0 N–H and O–H groups in total. The van der Waals surface area contributed by atoms with Crippen LogP contribution < -0.4 is 4.74 Å². The number of rotatable bonds is 9. The van der Waals surface area contributed by atoms with Crippen molar-refractivity contribution in [2.24, 2.45) is 11.8 Å². The van der Waals surface area contributed by atoms with E-state index in [2.05, 4.69) is 11.7 Å². The summed E-state index contributed by atoms with van der Waals surface area (Å²) in [6.07, 6.45) is 7.91. The van der Waals surface area contributed by atoms with Gasteiger partial charge in [0.1, 0.15) is 5.75 Å². The highest BCUT2D eigenvalue weighted by Gasteiger charge is 2.45. The van der Waals surface area contributed by atoms with Crippen LogP contribution in [0.1, 0.15) is 96.0 Å².